The number of hydrogen-bond donors (Lipinski definition) is 1. The summed E-state index contributed by atoms with van der Waals surface area (Å²) >= 11 is 0. The number of amides is 1. The fourth-order valence-electron chi connectivity index (χ4n) is 4.64. The van der Waals surface area contributed by atoms with Gasteiger partial charge in [-0.2, -0.15) is 0 Å². The minimum atomic E-state index is -0.534. The average Bonchev–Trinajstić information content (AvgIpc) is 2.76. The standard InChI is InChI=1S/C28H39F2N3O2/c1-20(2)18-25(31-27(34)35-28(3,4)5)19-32-14-16-33(17-15-32)26(21-6-10-23(29)11-7-21)22-8-12-24(30)13-9-22/h6-13,20,25-26H,14-19H2,1-5H3,(H,31,34). The second-order valence-corrected chi connectivity index (χ2v) is 10.8. The number of carbonyl (C=O) groups is 1. The van der Waals surface area contributed by atoms with Crippen LogP contribution in [-0.4, -0.2) is 60.3 Å². The minimum absolute atomic E-state index is 0.00129. The fraction of sp³-hybridized carbons (Fsp3) is 0.536. The minimum Gasteiger partial charge on any atom is -0.444 e. The number of ether oxygens (including phenoxy) is 1. The van der Waals surface area contributed by atoms with Gasteiger partial charge in [0.15, 0.2) is 0 Å². The maximum Gasteiger partial charge on any atom is 0.407 e. The molecule has 1 amide bonds. The first kappa shape index (κ1) is 27.1. The van der Waals surface area contributed by atoms with Crippen molar-refractivity contribution in [2.45, 2.75) is 58.7 Å². The first-order valence-electron chi connectivity index (χ1n) is 12.5. The Morgan fingerprint density at radius 2 is 1.40 bits per heavy atom. The van der Waals surface area contributed by atoms with Crippen molar-refractivity contribution < 1.29 is 18.3 Å². The van der Waals surface area contributed by atoms with Crippen molar-refractivity contribution in [3.63, 3.8) is 0 Å². The summed E-state index contributed by atoms with van der Waals surface area (Å²) in [7, 11) is 0. The quantitative estimate of drug-likeness (QED) is 0.526. The summed E-state index contributed by atoms with van der Waals surface area (Å²) < 4.78 is 32.6. The van der Waals surface area contributed by atoms with Crippen LogP contribution in [-0.2, 0) is 4.74 Å². The van der Waals surface area contributed by atoms with Gasteiger partial charge in [0, 0.05) is 38.8 Å². The van der Waals surface area contributed by atoms with Crippen LogP contribution >= 0.6 is 0 Å². The van der Waals surface area contributed by atoms with E-state index in [-0.39, 0.29) is 29.8 Å². The molecule has 1 N–H and O–H groups in total. The molecular weight excluding hydrogens is 448 g/mol. The second-order valence-electron chi connectivity index (χ2n) is 10.8. The van der Waals surface area contributed by atoms with Gasteiger partial charge in [-0.25, -0.2) is 13.6 Å². The van der Waals surface area contributed by atoms with Crippen LogP contribution in [0.1, 0.15) is 58.2 Å². The zero-order valence-electron chi connectivity index (χ0n) is 21.6. The summed E-state index contributed by atoms with van der Waals surface area (Å²) in [6.45, 7) is 13.9. The number of nitrogens with one attached hydrogen (secondary N) is 1. The molecule has 0 aromatic heterocycles. The molecule has 7 heteroatoms. The van der Waals surface area contributed by atoms with Gasteiger partial charge in [0.05, 0.1) is 6.04 Å². The second kappa shape index (κ2) is 12.0. The van der Waals surface area contributed by atoms with Crippen LogP contribution in [0.15, 0.2) is 48.5 Å². The highest BCUT2D eigenvalue weighted by atomic mass is 19.1. The van der Waals surface area contributed by atoms with E-state index in [1.165, 1.54) is 24.3 Å². The maximum absolute atomic E-state index is 13.6. The molecule has 3 rings (SSSR count). The normalized spacial score (nSPS) is 16.5. The summed E-state index contributed by atoms with van der Waals surface area (Å²) in [4.78, 5) is 17.1. The van der Waals surface area contributed by atoms with Crippen molar-refractivity contribution in [2.75, 3.05) is 32.7 Å². The van der Waals surface area contributed by atoms with Crippen molar-refractivity contribution in [1.29, 1.82) is 0 Å². The van der Waals surface area contributed by atoms with Gasteiger partial charge in [0.1, 0.15) is 17.2 Å². The predicted molar refractivity (Wildman–Crippen MR) is 135 cm³/mol. The summed E-state index contributed by atoms with van der Waals surface area (Å²) in [5.74, 6) is -0.104. The molecule has 0 radical (unpaired) electrons. The summed E-state index contributed by atoms with van der Waals surface area (Å²) in [6, 6.07) is 13.0. The molecule has 1 heterocycles. The van der Waals surface area contributed by atoms with Crippen LogP contribution in [0.4, 0.5) is 13.6 Å². The van der Waals surface area contributed by atoms with Crippen LogP contribution in [0.2, 0.25) is 0 Å². The zero-order valence-corrected chi connectivity index (χ0v) is 21.6. The molecule has 1 unspecified atom stereocenters. The first-order chi connectivity index (χ1) is 16.5. The molecule has 0 spiro atoms. The lowest BCUT2D eigenvalue weighted by atomic mass is 9.96. The number of halogens is 2. The van der Waals surface area contributed by atoms with Crippen LogP contribution < -0.4 is 5.32 Å². The van der Waals surface area contributed by atoms with Gasteiger partial charge >= 0.3 is 6.09 Å². The Bertz CT molecular complexity index is 889. The monoisotopic (exact) mass is 487 g/mol. The van der Waals surface area contributed by atoms with Crippen LogP contribution in [0.3, 0.4) is 0 Å². The smallest absolute Gasteiger partial charge is 0.407 e. The lowest BCUT2D eigenvalue weighted by Gasteiger charge is -2.41. The third kappa shape index (κ3) is 8.58. The zero-order chi connectivity index (χ0) is 25.6. The van der Waals surface area contributed by atoms with Crippen molar-refractivity contribution in [3.8, 4) is 0 Å². The van der Waals surface area contributed by atoms with E-state index in [4.69, 9.17) is 4.74 Å². The van der Waals surface area contributed by atoms with E-state index >= 15 is 0 Å². The number of piperazine rings is 1. The molecule has 192 valence electrons. The third-order valence-electron chi connectivity index (χ3n) is 6.10. The summed E-state index contributed by atoms with van der Waals surface area (Å²) in [6.07, 6.45) is 0.488. The van der Waals surface area contributed by atoms with Gasteiger partial charge in [-0.15, -0.1) is 0 Å². The van der Waals surface area contributed by atoms with E-state index < -0.39 is 5.60 Å². The van der Waals surface area contributed by atoms with Gasteiger partial charge < -0.3 is 10.1 Å². The van der Waals surface area contributed by atoms with E-state index in [0.29, 0.717) is 5.92 Å². The topological polar surface area (TPSA) is 44.8 Å². The van der Waals surface area contributed by atoms with E-state index in [1.807, 2.05) is 20.8 Å². The molecule has 2 aromatic carbocycles. The maximum atomic E-state index is 13.6. The number of benzene rings is 2. The Morgan fingerprint density at radius 1 is 0.914 bits per heavy atom. The van der Waals surface area contributed by atoms with Gasteiger partial charge in [-0.3, -0.25) is 9.80 Å². The highest BCUT2D eigenvalue weighted by molar-refractivity contribution is 5.68. The number of rotatable bonds is 8. The lowest BCUT2D eigenvalue weighted by Crippen LogP contribution is -2.52. The molecule has 1 aliphatic rings. The molecule has 1 aliphatic heterocycles. The average molecular weight is 488 g/mol. The van der Waals surface area contributed by atoms with Crippen LogP contribution in [0.25, 0.3) is 0 Å². The molecular formula is C28H39F2N3O2. The number of hydrogen-bond acceptors (Lipinski definition) is 4. The number of carbonyl (C=O) groups excluding carboxylic acids is 1. The van der Waals surface area contributed by atoms with E-state index in [0.717, 1.165) is 50.3 Å². The molecule has 1 fully saturated rings. The van der Waals surface area contributed by atoms with Crippen molar-refractivity contribution >= 4 is 6.09 Å². The van der Waals surface area contributed by atoms with Gasteiger partial charge in [-0.1, -0.05) is 38.1 Å². The van der Waals surface area contributed by atoms with E-state index in [9.17, 15) is 13.6 Å². The molecule has 1 saturated heterocycles. The van der Waals surface area contributed by atoms with Crippen molar-refractivity contribution in [3.05, 3.63) is 71.3 Å². The predicted octanol–water partition coefficient (Wildman–Crippen LogP) is 5.61. The Labute approximate surface area is 208 Å². The SMILES string of the molecule is CC(C)CC(CN1CCN(C(c2ccc(F)cc2)c2ccc(F)cc2)CC1)NC(=O)OC(C)(C)C. The van der Waals surface area contributed by atoms with E-state index in [1.54, 1.807) is 24.3 Å². The molecule has 2 aromatic rings. The molecule has 5 nitrogen and oxygen atoms in total. The molecule has 35 heavy (non-hydrogen) atoms. The van der Waals surface area contributed by atoms with Gasteiger partial charge in [0.2, 0.25) is 0 Å². The molecule has 0 aliphatic carbocycles. The Kier molecular flexibility index (Phi) is 9.25. The molecule has 0 bridgehead atoms. The van der Waals surface area contributed by atoms with Crippen LogP contribution in [0.5, 0.6) is 0 Å². The highest BCUT2D eigenvalue weighted by Crippen LogP contribution is 2.30. The molecule has 0 saturated carbocycles. The van der Waals surface area contributed by atoms with Crippen molar-refractivity contribution in [1.82, 2.24) is 15.1 Å². The third-order valence-corrected chi connectivity index (χ3v) is 6.10. The van der Waals surface area contributed by atoms with E-state index in [2.05, 4.69) is 29.0 Å². The summed E-state index contributed by atoms with van der Waals surface area (Å²) in [5, 5.41) is 3.06. The molecule has 1 atom stereocenters. The largest absolute Gasteiger partial charge is 0.444 e. The highest BCUT2D eigenvalue weighted by Gasteiger charge is 2.28. The Balaban J connectivity index is 1.67. The van der Waals surface area contributed by atoms with Crippen molar-refractivity contribution in [2.24, 2.45) is 5.92 Å². The first-order valence-corrected chi connectivity index (χ1v) is 12.5. The lowest BCUT2D eigenvalue weighted by molar-refractivity contribution is 0.0464. The number of nitrogens with zero attached hydrogens (tertiary/aromatic N) is 2. The fourth-order valence-corrected chi connectivity index (χ4v) is 4.64. The van der Waals surface area contributed by atoms with Gasteiger partial charge in [0.25, 0.3) is 0 Å². The Morgan fingerprint density at radius 3 is 1.83 bits per heavy atom. The van der Waals surface area contributed by atoms with Crippen LogP contribution in [0, 0.1) is 17.6 Å². The summed E-state index contributed by atoms with van der Waals surface area (Å²) in [5.41, 5.74) is 1.43. The Hall–Kier alpha value is -2.51. The van der Waals surface area contributed by atoms with Gasteiger partial charge in [-0.05, 0) is 68.5 Å². The number of alkyl carbamates (subject to hydrolysis) is 1.